The molecule has 0 aliphatic carbocycles. The predicted octanol–water partition coefficient (Wildman–Crippen LogP) is 1.73. The molecule has 78 valence electrons. The van der Waals surface area contributed by atoms with Crippen molar-refractivity contribution in [3.63, 3.8) is 0 Å². The number of aryl methyl sites for hydroxylation is 1. The molecule has 0 atom stereocenters. The summed E-state index contributed by atoms with van der Waals surface area (Å²) in [4.78, 5) is 0. The number of benzene rings is 1. The number of hydrogen-bond acceptors (Lipinski definition) is 3. The van der Waals surface area contributed by atoms with Crippen LogP contribution >= 0.6 is 0 Å². The summed E-state index contributed by atoms with van der Waals surface area (Å²) >= 11 is 0. The van der Waals surface area contributed by atoms with Gasteiger partial charge in [-0.25, -0.2) is 0 Å². The summed E-state index contributed by atoms with van der Waals surface area (Å²) in [7, 11) is 0. The van der Waals surface area contributed by atoms with Crippen LogP contribution in [-0.4, -0.2) is 19.8 Å². The molecule has 2 N–H and O–H groups in total. The molecule has 1 rings (SSSR count). The third-order valence-electron chi connectivity index (χ3n) is 1.77. The van der Waals surface area contributed by atoms with Gasteiger partial charge in [0.1, 0.15) is 6.61 Å². The second kappa shape index (κ2) is 5.50. The second-order valence-corrected chi connectivity index (χ2v) is 3.02. The molecule has 0 unspecified atom stereocenters. The minimum atomic E-state index is 0.513. The summed E-state index contributed by atoms with van der Waals surface area (Å²) in [5, 5.41) is 0. The van der Waals surface area contributed by atoms with Crippen molar-refractivity contribution in [2.75, 3.05) is 19.8 Å². The fourth-order valence-corrected chi connectivity index (χ4v) is 1.17. The first-order valence-corrected chi connectivity index (χ1v) is 4.84. The first-order chi connectivity index (χ1) is 6.77. The van der Waals surface area contributed by atoms with Gasteiger partial charge in [-0.05, 0) is 31.5 Å². The van der Waals surface area contributed by atoms with Crippen LogP contribution < -0.4 is 15.2 Å². The van der Waals surface area contributed by atoms with Crippen LogP contribution in [0.4, 0.5) is 0 Å². The van der Waals surface area contributed by atoms with Crippen molar-refractivity contribution >= 4 is 0 Å². The maximum absolute atomic E-state index is 5.47. The van der Waals surface area contributed by atoms with Crippen LogP contribution in [0.15, 0.2) is 18.2 Å². The molecule has 0 heterocycles. The van der Waals surface area contributed by atoms with Gasteiger partial charge in [-0.2, -0.15) is 0 Å². The Bertz CT molecular complexity index is 287. The molecule has 0 radical (unpaired) electrons. The van der Waals surface area contributed by atoms with Crippen LogP contribution in [0.1, 0.15) is 12.5 Å². The fourth-order valence-electron chi connectivity index (χ4n) is 1.17. The van der Waals surface area contributed by atoms with Gasteiger partial charge in [0, 0.05) is 6.54 Å². The first kappa shape index (κ1) is 10.9. The van der Waals surface area contributed by atoms with Crippen molar-refractivity contribution in [1.82, 2.24) is 0 Å². The molecule has 14 heavy (non-hydrogen) atoms. The van der Waals surface area contributed by atoms with Crippen molar-refractivity contribution in [3.05, 3.63) is 23.8 Å². The molecule has 0 bridgehead atoms. The first-order valence-electron chi connectivity index (χ1n) is 4.84. The summed E-state index contributed by atoms with van der Waals surface area (Å²) in [6.07, 6.45) is 0. The van der Waals surface area contributed by atoms with E-state index in [1.807, 2.05) is 32.0 Å². The highest BCUT2D eigenvalue weighted by atomic mass is 16.5. The monoisotopic (exact) mass is 195 g/mol. The minimum absolute atomic E-state index is 0.513. The van der Waals surface area contributed by atoms with E-state index in [-0.39, 0.29) is 0 Å². The lowest BCUT2D eigenvalue weighted by molar-refractivity contribution is 0.282. The van der Waals surface area contributed by atoms with Gasteiger partial charge in [-0.15, -0.1) is 0 Å². The lowest BCUT2D eigenvalue weighted by Crippen LogP contribution is -2.11. The zero-order valence-electron chi connectivity index (χ0n) is 8.75. The van der Waals surface area contributed by atoms with E-state index < -0.39 is 0 Å². The molecule has 1 aromatic rings. The lowest BCUT2D eigenvalue weighted by Gasteiger charge is -2.11. The minimum Gasteiger partial charge on any atom is -0.490 e. The van der Waals surface area contributed by atoms with Gasteiger partial charge in [-0.3, -0.25) is 0 Å². The van der Waals surface area contributed by atoms with Gasteiger partial charge in [0.25, 0.3) is 0 Å². The second-order valence-electron chi connectivity index (χ2n) is 3.02. The molecule has 0 amide bonds. The third-order valence-corrected chi connectivity index (χ3v) is 1.77. The largest absolute Gasteiger partial charge is 0.490 e. The molecule has 0 aliphatic heterocycles. The van der Waals surface area contributed by atoms with E-state index in [9.17, 15) is 0 Å². The number of ether oxygens (including phenoxy) is 2. The van der Waals surface area contributed by atoms with E-state index in [1.54, 1.807) is 0 Å². The van der Waals surface area contributed by atoms with Crippen molar-refractivity contribution < 1.29 is 9.47 Å². The van der Waals surface area contributed by atoms with E-state index >= 15 is 0 Å². The molecular formula is C11H17NO2. The zero-order chi connectivity index (χ0) is 10.4. The molecule has 0 saturated carbocycles. The van der Waals surface area contributed by atoms with Crippen molar-refractivity contribution in [1.29, 1.82) is 0 Å². The molecule has 3 heteroatoms. The van der Waals surface area contributed by atoms with Crippen LogP contribution in [0.5, 0.6) is 11.5 Å². The highest BCUT2D eigenvalue weighted by Crippen LogP contribution is 2.27. The van der Waals surface area contributed by atoms with Gasteiger partial charge >= 0.3 is 0 Å². The lowest BCUT2D eigenvalue weighted by atomic mass is 10.2. The van der Waals surface area contributed by atoms with Crippen LogP contribution in [0.2, 0.25) is 0 Å². The average molecular weight is 195 g/mol. The molecule has 3 nitrogen and oxygen atoms in total. The Balaban J connectivity index is 2.79. The average Bonchev–Trinajstić information content (AvgIpc) is 2.18. The van der Waals surface area contributed by atoms with E-state index in [4.69, 9.17) is 15.2 Å². The standard InChI is InChI=1S/C11H17NO2/c1-3-13-10-5-4-9(2)8-11(10)14-7-6-12/h4-5,8H,3,6-7,12H2,1-2H3. The molecule has 0 aliphatic rings. The fraction of sp³-hybridized carbons (Fsp3) is 0.455. The Hall–Kier alpha value is -1.22. The zero-order valence-corrected chi connectivity index (χ0v) is 8.75. The van der Waals surface area contributed by atoms with Crippen molar-refractivity contribution in [3.8, 4) is 11.5 Å². The van der Waals surface area contributed by atoms with Gasteiger partial charge in [0.2, 0.25) is 0 Å². The van der Waals surface area contributed by atoms with Crippen LogP contribution in [0.3, 0.4) is 0 Å². The summed E-state index contributed by atoms with van der Waals surface area (Å²) < 4.78 is 10.9. The van der Waals surface area contributed by atoms with Crippen LogP contribution in [0.25, 0.3) is 0 Å². The molecule has 1 aromatic carbocycles. The van der Waals surface area contributed by atoms with Gasteiger partial charge in [-0.1, -0.05) is 6.07 Å². The Kier molecular flexibility index (Phi) is 4.26. The summed E-state index contributed by atoms with van der Waals surface area (Å²) in [6, 6.07) is 5.88. The van der Waals surface area contributed by atoms with Gasteiger partial charge in [0.15, 0.2) is 11.5 Å². The predicted molar refractivity (Wildman–Crippen MR) is 56.9 cm³/mol. The smallest absolute Gasteiger partial charge is 0.161 e. The van der Waals surface area contributed by atoms with Gasteiger partial charge < -0.3 is 15.2 Å². The quantitative estimate of drug-likeness (QED) is 0.778. The Morgan fingerprint density at radius 3 is 2.64 bits per heavy atom. The maximum Gasteiger partial charge on any atom is 0.161 e. The molecule has 0 spiro atoms. The number of hydrogen-bond donors (Lipinski definition) is 1. The van der Waals surface area contributed by atoms with Crippen molar-refractivity contribution in [2.24, 2.45) is 5.73 Å². The Labute approximate surface area is 84.8 Å². The SMILES string of the molecule is CCOc1ccc(C)cc1OCCN. The van der Waals surface area contributed by atoms with E-state index in [0.29, 0.717) is 19.8 Å². The number of rotatable bonds is 5. The van der Waals surface area contributed by atoms with Crippen LogP contribution in [0, 0.1) is 6.92 Å². The van der Waals surface area contributed by atoms with Gasteiger partial charge in [0.05, 0.1) is 6.61 Å². The van der Waals surface area contributed by atoms with Crippen molar-refractivity contribution in [2.45, 2.75) is 13.8 Å². The summed E-state index contributed by atoms with van der Waals surface area (Å²) in [5.41, 5.74) is 6.53. The molecular weight excluding hydrogens is 178 g/mol. The van der Waals surface area contributed by atoms with Crippen LogP contribution in [-0.2, 0) is 0 Å². The molecule has 0 saturated heterocycles. The topological polar surface area (TPSA) is 44.5 Å². The Morgan fingerprint density at radius 2 is 2.00 bits per heavy atom. The normalized spacial score (nSPS) is 9.93. The summed E-state index contributed by atoms with van der Waals surface area (Å²) in [6.45, 7) is 5.64. The highest BCUT2D eigenvalue weighted by molar-refractivity contribution is 5.42. The molecule has 0 aromatic heterocycles. The molecule has 0 fully saturated rings. The van der Waals surface area contributed by atoms with E-state index in [0.717, 1.165) is 17.1 Å². The third kappa shape index (κ3) is 2.92. The van der Waals surface area contributed by atoms with E-state index in [2.05, 4.69) is 0 Å². The summed E-state index contributed by atoms with van der Waals surface area (Å²) in [5.74, 6) is 1.56. The maximum atomic E-state index is 5.47. The highest BCUT2D eigenvalue weighted by Gasteiger charge is 2.03. The number of nitrogens with two attached hydrogens (primary N) is 1. The van der Waals surface area contributed by atoms with E-state index in [1.165, 1.54) is 0 Å². The Morgan fingerprint density at radius 1 is 1.21 bits per heavy atom.